The summed E-state index contributed by atoms with van der Waals surface area (Å²) in [7, 11) is 0. The number of rotatable bonds is 3. The van der Waals surface area contributed by atoms with Gasteiger partial charge in [-0.25, -0.2) is 4.98 Å². The van der Waals surface area contributed by atoms with Gasteiger partial charge in [0.1, 0.15) is 5.82 Å². The maximum atomic E-state index is 5.73. The highest BCUT2D eigenvalue weighted by Gasteiger charge is 2.28. The molecular weight excluding hydrogens is 240 g/mol. The first kappa shape index (κ1) is 12.8. The normalized spacial score (nSPS) is 25.8. The zero-order valence-electron chi connectivity index (χ0n) is 11.3. The van der Waals surface area contributed by atoms with Gasteiger partial charge in [-0.05, 0) is 24.1 Å². The van der Waals surface area contributed by atoms with Gasteiger partial charge >= 0.3 is 0 Å². The van der Waals surface area contributed by atoms with Gasteiger partial charge in [0.2, 0.25) is 0 Å². The molecule has 2 aliphatic heterocycles. The molecule has 0 radical (unpaired) electrons. The predicted molar refractivity (Wildman–Crippen MR) is 74.7 cm³/mol. The number of hydrogen-bond donors (Lipinski definition) is 1. The molecule has 1 atom stereocenters. The van der Waals surface area contributed by atoms with E-state index in [0.29, 0.717) is 11.9 Å². The van der Waals surface area contributed by atoms with Crippen molar-refractivity contribution in [3.8, 4) is 0 Å². The van der Waals surface area contributed by atoms with Gasteiger partial charge in [0, 0.05) is 45.0 Å². The monoisotopic (exact) mass is 262 g/mol. The minimum atomic E-state index is 0.612. The van der Waals surface area contributed by atoms with E-state index in [-0.39, 0.29) is 0 Å². The van der Waals surface area contributed by atoms with Crippen molar-refractivity contribution in [3.63, 3.8) is 0 Å². The van der Waals surface area contributed by atoms with Crippen molar-refractivity contribution in [1.29, 1.82) is 0 Å². The van der Waals surface area contributed by atoms with E-state index in [1.165, 1.54) is 18.5 Å². The second-order valence-corrected chi connectivity index (χ2v) is 5.41. The second-order valence-electron chi connectivity index (χ2n) is 5.41. The van der Waals surface area contributed by atoms with E-state index in [1.807, 2.05) is 6.07 Å². The van der Waals surface area contributed by atoms with Gasteiger partial charge in [0.25, 0.3) is 0 Å². The quantitative estimate of drug-likeness (QED) is 0.863. The zero-order valence-corrected chi connectivity index (χ0v) is 11.3. The summed E-state index contributed by atoms with van der Waals surface area (Å²) in [5, 5.41) is 0. The Morgan fingerprint density at radius 3 is 2.95 bits per heavy atom. The summed E-state index contributed by atoms with van der Waals surface area (Å²) >= 11 is 0. The Bertz CT molecular complexity index is 420. The molecule has 5 heteroatoms. The van der Waals surface area contributed by atoms with Crippen LogP contribution in [0.15, 0.2) is 18.3 Å². The van der Waals surface area contributed by atoms with Crippen LogP contribution in [0.4, 0.5) is 5.82 Å². The lowest BCUT2D eigenvalue weighted by Gasteiger charge is -2.32. The van der Waals surface area contributed by atoms with Crippen LogP contribution in [0.1, 0.15) is 12.0 Å². The molecule has 0 aromatic carbocycles. The average molecular weight is 262 g/mol. The molecule has 2 aliphatic rings. The first-order valence-corrected chi connectivity index (χ1v) is 7.06. The molecule has 0 spiro atoms. The number of pyridine rings is 1. The third kappa shape index (κ3) is 3.23. The molecular formula is C14H22N4O. The van der Waals surface area contributed by atoms with Gasteiger partial charge < -0.3 is 10.5 Å². The second kappa shape index (κ2) is 5.86. The minimum Gasteiger partial charge on any atom is -0.384 e. The molecule has 2 saturated heterocycles. The zero-order chi connectivity index (χ0) is 13.1. The van der Waals surface area contributed by atoms with Gasteiger partial charge in [0.15, 0.2) is 0 Å². The van der Waals surface area contributed by atoms with Crippen molar-refractivity contribution < 1.29 is 4.74 Å². The number of nitrogen functional groups attached to an aromatic ring is 1. The number of ether oxygens (including phenoxy) is 1. The molecule has 3 heterocycles. The van der Waals surface area contributed by atoms with Gasteiger partial charge in [-0.15, -0.1) is 0 Å². The molecule has 3 rings (SSSR count). The van der Waals surface area contributed by atoms with Crippen LogP contribution in [-0.4, -0.2) is 60.2 Å². The van der Waals surface area contributed by atoms with Crippen molar-refractivity contribution in [2.24, 2.45) is 0 Å². The van der Waals surface area contributed by atoms with Crippen molar-refractivity contribution in [1.82, 2.24) is 14.8 Å². The number of morpholine rings is 1. The van der Waals surface area contributed by atoms with Crippen LogP contribution in [0.25, 0.3) is 0 Å². The topological polar surface area (TPSA) is 54.6 Å². The predicted octanol–water partition coefficient (Wildman–Crippen LogP) is 0.570. The lowest BCUT2D eigenvalue weighted by Crippen LogP contribution is -2.44. The van der Waals surface area contributed by atoms with E-state index in [1.54, 1.807) is 6.20 Å². The Kier molecular flexibility index (Phi) is 3.96. The highest BCUT2D eigenvalue weighted by molar-refractivity contribution is 5.31. The molecule has 0 bridgehead atoms. The Hall–Kier alpha value is -1.17. The summed E-state index contributed by atoms with van der Waals surface area (Å²) in [5.74, 6) is 0.612. The molecule has 5 nitrogen and oxygen atoms in total. The SMILES string of the molecule is Nc1cc(CN2CCC(N3CCOCC3)C2)ccn1. The van der Waals surface area contributed by atoms with E-state index in [4.69, 9.17) is 10.5 Å². The van der Waals surface area contributed by atoms with Crippen LogP contribution in [0.3, 0.4) is 0 Å². The molecule has 0 amide bonds. The fourth-order valence-electron chi connectivity index (χ4n) is 3.05. The third-order valence-corrected chi connectivity index (χ3v) is 4.06. The fourth-order valence-corrected chi connectivity index (χ4v) is 3.05. The van der Waals surface area contributed by atoms with E-state index >= 15 is 0 Å². The summed E-state index contributed by atoms with van der Waals surface area (Å²) in [6, 6.07) is 4.73. The van der Waals surface area contributed by atoms with E-state index < -0.39 is 0 Å². The van der Waals surface area contributed by atoms with Gasteiger partial charge in [-0.3, -0.25) is 9.80 Å². The van der Waals surface area contributed by atoms with Crippen molar-refractivity contribution in [2.75, 3.05) is 45.1 Å². The highest BCUT2D eigenvalue weighted by atomic mass is 16.5. The van der Waals surface area contributed by atoms with E-state index in [0.717, 1.165) is 39.4 Å². The number of hydrogen-bond acceptors (Lipinski definition) is 5. The van der Waals surface area contributed by atoms with Gasteiger partial charge in [-0.2, -0.15) is 0 Å². The molecule has 104 valence electrons. The Labute approximate surface area is 114 Å². The van der Waals surface area contributed by atoms with E-state index in [9.17, 15) is 0 Å². The van der Waals surface area contributed by atoms with Crippen LogP contribution >= 0.6 is 0 Å². The fraction of sp³-hybridized carbons (Fsp3) is 0.643. The van der Waals surface area contributed by atoms with Crippen molar-refractivity contribution in [2.45, 2.75) is 19.0 Å². The lowest BCUT2D eigenvalue weighted by molar-refractivity contribution is 0.0184. The number of anilines is 1. The first-order chi connectivity index (χ1) is 9.31. The first-order valence-electron chi connectivity index (χ1n) is 7.06. The number of nitrogens with two attached hydrogens (primary N) is 1. The molecule has 1 aromatic rings. The summed E-state index contributed by atoms with van der Waals surface area (Å²) in [4.78, 5) is 9.12. The largest absolute Gasteiger partial charge is 0.384 e. The lowest BCUT2D eigenvalue weighted by atomic mass is 10.2. The van der Waals surface area contributed by atoms with Crippen LogP contribution in [0.2, 0.25) is 0 Å². The molecule has 1 aromatic heterocycles. The van der Waals surface area contributed by atoms with E-state index in [2.05, 4.69) is 20.9 Å². The Morgan fingerprint density at radius 1 is 1.32 bits per heavy atom. The summed E-state index contributed by atoms with van der Waals surface area (Å²) < 4.78 is 5.42. The maximum Gasteiger partial charge on any atom is 0.123 e. The highest BCUT2D eigenvalue weighted by Crippen LogP contribution is 2.19. The third-order valence-electron chi connectivity index (χ3n) is 4.06. The van der Waals surface area contributed by atoms with Crippen molar-refractivity contribution in [3.05, 3.63) is 23.9 Å². The molecule has 2 fully saturated rings. The van der Waals surface area contributed by atoms with Crippen LogP contribution < -0.4 is 5.73 Å². The van der Waals surface area contributed by atoms with Crippen LogP contribution in [-0.2, 0) is 11.3 Å². The summed E-state index contributed by atoms with van der Waals surface area (Å²) in [6.45, 7) is 7.25. The minimum absolute atomic E-state index is 0.612. The standard InChI is InChI=1S/C14H22N4O/c15-14-9-12(1-3-16-14)10-17-4-2-13(11-17)18-5-7-19-8-6-18/h1,3,9,13H,2,4-8,10-11H2,(H2,15,16). The van der Waals surface area contributed by atoms with Crippen LogP contribution in [0, 0.1) is 0 Å². The Balaban J connectivity index is 1.54. The molecule has 0 saturated carbocycles. The number of nitrogens with zero attached hydrogens (tertiary/aromatic N) is 3. The molecule has 2 N–H and O–H groups in total. The Morgan fingerprint density at radius 2 is 2.16 bits per heavy atom. The van der Waals surface area contributed by atoms with Gasteiger partial charge in [-0.1, -0.05) is 0 Å². The number of likely N-dealkylation sites (tertiary alicyclic amines) is 1. The maximum absolute atomic E-state index is 5.73. The summed E-state index contributed by atoms with van der Waals surface area (Å²) in [5.41, 5.74) is 6.98. The smallest absolute Gasteiger partial charge is 0.123 e. The summed E-state index contributed by atoms with van der Waals surface area (Å²) in [6.07, 6.45) is 3.06. The van der Waals surface area contributed by atoms with Crippen molar-refractivity contribution >= 4 is 5.82 Å². The van der Waals surface area contributed by atoms with Crippen LogP contribution in [0.5, 0.6) is 0 Å². The average Bonchev–Trinajstić information content (AvgIpc) is 2.88. The van der Waals surface area contributed by atoms with Gasteiger partial charge in [0.05, 0.1) is 13.2 Å². The molecule has 1 unspecified atom stereocenters. The molecule has 19 heavy (non-hydrogen) atoms. The molecule has 0 aliphatic carbocycles. The number of aromatic nitrogens is 1.